The number of aromatic amines is 1. The van der Waals surface area contributed by atoms with Crippen molar-refractivity contribution in [3.63, 3.8) is 0 Å². The Balaban J connectivity index is 2.46. The van der Waals surface area contributed by atoms with E-state index >= 15 is 0 Å². The van der Waals surface area contributed by atoms with E-state index in [1.807, 2.05) is 4.98 Å². The standard InChI is InChI=1S/C10H14N2O6/c13-4-7-6(15)3-10(5-14,18-7)12-2-1-8(16)11-9(12)17/h1-2,6-7,13-15H,3-5H2,(H,11,16,17)/t6-,7+,10-/m0/s1. The van der Waals surface area contributed by atoms with Gasteiger partial charge in [0.25, 0.3) is 5.56 Å². The lowest BCUT2D eigenvalue weighted by atomic mass is 10.1. The fraction of sp³-hybridized carbons (Fsp3) is 0.600. The minimum Gasteiger partial charge on any atom is -0.394 e. The Labute approximate surface area is 101 Å². The number of aliphatic hydroxyl groups is 3. The summed E-state index contributed by atoms with van der Waals surface area (Å²) in [6.45, 7) is -0.993. The first kappa shape index (κ1) is 13.0. The summed E-state index contributed by atoms with van der Waals surface area (Å²) in [6.07, 6.45) is -0.748. The van der Waals surface area contributed by atoms with Crippen LogP contribution in [0.15, 0.2) is 21.9 Å². The summed E-state index contributed by atoms with van der Waals surface area (Å²) in [5, 5.41) is 28.1. The lowest BCUT2D eigenvalue weighted by Crippen LogP contribution is -2.46. The number of H-pyrrole nitrogens is 1. The monoisotopic (exact) mass is 258 g/mol. The Morgan fingerprint density at radius 1 is 1.50 bits per heavy atom. The molecule has 1 aliphatic rings. The third-order valence-electron chi connectivity index (χ3n) is 3.02. The highest BCUT2D eigenvalue weighted by molar-refractivity contribution is 4.95. The smallest absolute Gasteiger partial charge is 0.330 e. The molecule has 3 atom stereocenters. The molecule has 0 saturated carbocycles. The molecule has 1 aromatic rings. The van der Waals surface area contributed by atoms with Gasteiger partial charge in [0.15, 0.2) is 5.72 Å². The van der Waals surface area contributed by atoms with Crippen LogP contribution in [0.1, 0.15) is 6.42 Å². The van der Waals surface area contributed by atoms with Gasteiger partial charge in [-0.25, -0.2) is 4.79 Å². The third kappa shape index (κ3) is 1.99. The zero-order chi connectivity index (χ0) is 13.3. The molecule has 2 rings (SSSR count). The topological polar surface area (TPSA) is 125 Å². The predicted octanol–water partition coefficient (Wildman–Crippen LogP) is -2.68. The fourth-order valence-electron chi connectivity index (χ4n) is 2.10. The van der Waals surface area contributed by atoms with Gasteiger partial charge in [0.1, 0.15) is 6.10 Å². The molecule has 0 bridgehead atoms. The van der Waals surface area contributed by atoms with Crippen molar-refractivity contribution < 1.29 is 20.1 Å². The van der Waals surface area contributed by atoms with Crippen LogP contribution in [0.25, 0.3) is 0 Å². The molecule has 1 aliphatic heterocycles. The molecule has 1 fully saturated rings. The normalized spacial score (nSPS) is 31.7. The number of nitrogens with zero attached hydrogens (tertiary/aromatic N) is 1. The van der Waals surface area contributed by atoms with E-state index in [4.69, 9.17) is 9.84 Å². The molecule has 4 N–H and O–H groups in total. The summed E-state index contributed by atoms with van der Waals surface area (Å²) in [7, 11) is 0. The number of rotatable bonds is 3. The minimum atomic E-state index is -1.46. The Kier molecular flexibility index (Phi) is 3.35. The van der Waals surface area contributed by atoms with Crippen LogP contribution < -0.4 is 11.2 Å². The Morgan fingerprint density at radius 3 is 2.72 bits per heavy atom. The molecular formula is C10H14N2O6. The zero-order valence-corrected chi connectivity index (χ0v) is 9.44. The zero-order valence-electron chi connectivity index (χ0n) is 9.44. The summed E-state index contributed by atoms with van der Waals surface area (Å²) in [4.78, 5) is 24.7. The van der Waals surface area contributed by atoms with E-state index in [-0.39, 0.29) is 6.42 Å². The van der Waals surface area contributed by atoms with E-state index in [9.17, 15) is 19.8 Å². The van der Waals surface area contributed by atoms with Gasteiger partial charge in [-0.05, 0) is 0 Å². The molecule has 0 aliphatic carbocycles. The largest absolute Gasteiger partial charge is 0.394 e. The van der Waals surface area contributed by atoms with Crippen molar-refractivity contribution in [2.45, 2.75) is 24.4 Å². The van der Waals surface area contributed by atoms with Crippen LogP contribution in [-0.2, 0) is 10.5 Å². The van der Waals surface area contributed by atoms with Crippen LogP contribution in [0.5, 0.6) is 0 Å². The van der Waals surface area contributed by atoms with Crippen LogP contribution >= 0.6 is 0 Å². The molecule has 100 valence electrons. The molecule has 8 heteroatoms. The van der Waals surface area contributed by atoms with Crippen LogP contribution in [0.4, 0.5) is 0 Å². The fourth-order valence-corrected chi connectivity index (χ4v) is 2.10. The molecule has 0 unspecified atom stereocenters. The molecule has 18 heavy (non-hydrogen) atoms. The van der Waals surface area contributed by atoms with Gasteiger partial charge in [-0.3, -0.25) is 14.3 Å². The lowest BCUT2D eigenvalue weighted by molar-refractivity contribution is -0.143. The summed E-state index contributed by atoms with van der Waals surface area (Å²) in [6, 6.07) is 1.11. The van der Waals surface area contributed by atoms with Crippen molar-refractivity contribution >= 4 is 0 Å². The third-order valence-corrected chi connectivity index (χ3v) is 3.02. The maximum Gasteiger partial charge on any atom is 0.330 e. The number of hydrogen-bond donors (Lipinski definition) is 4. The van der Waals surface area contributed by atoms with E-state index in [1.54, 1.807) is 0 Å². The molecule has 1 aromatic heterocycles. The average Bonchev–Trinajstić information content (AvgIpc) is 2.67. The van der Waals surface area contributed by atoms with E-state index in [1.165, 1.54) is 6.20 Å². The quantitative estimate of drug-likeness (QED) is 0.468. The molecule has 0 aromatic carbocycles. The predicted molar refractivity (Wildman–Crippen MR) is 59.0 cm³/mol. The lowest BCUT2D eigenvalue weighted by Gasteiger charge is -2.28. The van der Waals surface area contributed by atoms with Crippen LogP contribution in [0, 0.1) is 0 Å². The van der Waals surface area contributed by atoms with Gasteiger partial charge >= 0.3 is 5.69 Å². The maximum atomic E-state index is 11.7. The van der Waals surface area contributed by atoms with E-state index < -0.39 is 42.4 Å². The van der Waals surface area contributed by atoms with E-state index in [2.05, 4.69) is 0 Å². The van der Waals surface area contributed by atoms with Gasteiger partial charge in [0, 0.05) is 18.7 Å². The Morgan fingerprint density at radius 2 is 2.22 bits per heavy atom. The number of ether oxygens (including phenoxy) is 1. The highest BCUT2D eigenvalue weighted by atomic mass is 16.6. The van der Waals surface area contributed by atoms with Crippen LogP contribution in [-0.4, -0.2) is 50.3 Å². The first-order valence-corrected chi connectivity index (χ1v) is 5.42. The van der Waals surface area contributed by atoms with Gasteiger partial charge in [0.05, 0.1) is 19.3 Å². The molecule has 0 radical (unpaired) electrons. The second-order valence-electron chi connectivity index (χ2n) is 4.19. The number of hydrogen-bond acceptors (Lipinski definition) is 6. The summed E-state index contributed by atoms with van der Waals surface area (Å²) >= 11 is 0. The first-order chi connectivity index (χ1) is 8.52. The van der Waals surface area contributed by atoms with Gasteiger partial charge in [-0.1, -0.05) is 0 Å². The summed E-state index contributed by atoms with van der Waals surface area (Å²) < 4.78 is 6.36. The Hall–Kier alpha value is -1.48. The molecule has 8 nitrogen and oxygen atoms in total. The number of aliphatic hydroxyl groups excluding tert-OH is 3. The van der Waals surface area contributed by atoms with E-state index in [0.717, 1.165) is 10.6 Å². The Bertz CT molecular complexity index is 538. The SMILES string of the molecule is O=c1ccn([C@@]2(CO)C[C@H](O)[C@@H](CO)O2)c(=O)[nH]1. The maximum absolute atomic E-state index is 11.7. The van der Waals surface area contributed by atoms with Crippen LogP contribution in [0.3, 0.4) is 0 Å². The van der Waals surface area contributed by atoms with Crippen molar-refractivity contribution in [2.75, 3.05) is 13.2 Å². The van der Waals surface area contributed by atoms with Crippen molar-refractivity contribution in [1.29, 1.82) is 0 Å². The molecule has 0 spiro atoms. The van der Waals surface area contributed by atoms with Gasteiger partial charge < -0.3 is 20.1 Å². The summed E-state index contributed by atoms with van der Waals surface area (Å²) in [5.74, 6) is 0. The molecule has 1 saturated heterocycles. The summed E-state index contributed by atoms with van der Waals surface area (Å²) in [5.41, 5.74) is -2.78. The minimum absolute atomic E-state index is 0.0549. The molecule has 2 heterocycles. The second-order valence-corrected chi connectivity index (χ2v) is 4.19. The second kappa shape index (κ2) is 4.65. The highest BCUT2D eigenvalue weighted by Gasteiger charge is 2.47. The van der Waals surface area contributed by atoms with E-state index in [0.29, 0.717) is 0 Å². The highest BCUT2D eigenvalue weighted by Crippen LogP contribution is 2.33. The number of nitrogens with one attached hydrogen (secondary N) is 1. The van der Waals surface area contributed by atoms with Gasteiger partial charge in [0.2, 0.25) is 0 Å². The van der Waals surface area contributed by atoms with Gasteiger partial charge in [-0.15, -0.1) is 0 Å². The number of aromatic nitrogens is 2. The van der Waals surface area contributed by atoms with Crippen molar-refractivity contribution in [3.05, 3.63) is 33.1 Å². The molecule has 0 amide bonds. The average molecular weight is 258 g/mol. The molecular weight excluding hydrogens is 244 g/mol. The first-order valence-electron chi connectivity index (χ1n) is 5.42. The van der Waals surface area contributed by atoms with Crippen LogP contribution in [0.2, 0.25) is 0 Å². The van der Waals surface area contributed by atoms with Gasteiger partial charge in [-0.2, -0.15) is 0 Å². The van der Waals surface area contributed by atoms with Crippen molar-refractivity contribution in [1.82, 2.24) is 9.55 Å². The van der Waals surface area contributed by atoms with Crippen molar-refractivity contribution in [3.8, 4) is 0 Å². The van der Waals surface area contributed by atoms with Crippen molar-refractivity contribution in [2.24, 2.45) is 0 Å².